The molecule has 45 heavy (non-hydrogen) atoms. The van der Waals surface area contributed by atoms with Crippen LogP contribution in [0, 0.1) is 13.8 Å². The molecule has 0 fully saturated rings. The molecule has 4 rings (SSSR count). The van der Waals surface area contributed by atoms with Gasteiger partial charge < -0.3 is 60.0 Å². The maximum Gasteiger partial charge on any atom is 0.125 e. The van der Waals surface area contributed by atoms with E-state index in [0.717, 1.165) is 44.9 Å². The van der Waals surface area contributed by atoms with E-state index in [2.05, 4.69) is 0 Å². The molecule has 0 aliphatic rings. The molecule has 0 unspecified atom stereocenters. The molecule has 0 amide bonds. The third kappa shape index (κ3) is 11.9. The zero-order chi connectivity index (χ0) is 32.7. The van der Waals surface area contributed by atoms with E-state index in [1.54, 1.807) is 0 Å². The maximum absolute atomic E-state index is 6.05. The Morgan fingerprint density at radius 2 is 0.978 bits per heavy atom. The summed E-state index contributed by atoms with van der Waals surface area (Å²) in [5.74, 6) is 1.59. The van der Waals surface area contributed by atoms with Crippen molar-refractivity contribution in [3.8, 4) is 11.5 Å². The van der Waals surface area contributed by atoms with E-state index in [1.165, 1.54) is 0 Å². The molecule has 0 atom stereocenters. The van der Waals surface area contributed by atoms with Gasteiger partial charge in [-0.05, 0) is 107 Å². The molecule has 0 bridgehead atoms. The topological polar surface area (TPSA) is 18.5 Å². The Labute approximate surface area is 302 Å². The minimum Gasteiger partial charge on any atom is -0.781 e. The maximum atomic E-state index is 6.05. The van der Waals surface area contributed by atoms with Crippen molar-refractivity contribution < 1.29 is 26.0 Å². The summed E-state index contributed by atoms with van der Waals surface area (Å²) in [7, 11) is 0. The summed E-state index contributed by atoms with van der Waals surface area (Å²) in [6.45, 7) is 16.2. The SMILES string of the molecule is Cc1ccc(OC(C)(C)C)c(/C([S-])=C(/[S-])c2ccccc2)c1.Cc1ccc(OC(C)(C)C)cc1/C([S-])=C(/[S-])c1ccccc1.[Ni]. The summed E-state index contributed by atoms with van der Waals surface area (Å²) < 4.78 is 12.0. The van der Waals surface area contributed by atoms with Gasteiger partial charge in [0.25, 0.3) is 0 Å². The zero-order valence-corrected chi connectivity index (χ0v) is 31.3. The number of hydrogen-bond donors (Lipinski definition) is 0. The van der Waals surface area contributed by atoms with E-state index >= 15 is 0 Å². The van der Waals surface area contributed by atoms with Gasteiger partial charge in [-0.25, -0.2) is 0 Å². The second-order valence-corrected chi connectivity index (χ2v) is 14.1. The molecule has 0 heterocycles. The van der Waals surface area contributed by atoms with Crippen molar-refractivity contribution in [2.75, 3.05) is 0 Å². The van der Waals surface area contributed by atoms with E-state index < -0.39 is 0 Å². The summed E-state index contributed by atoms with van der Waals surface area (Å²) in [5, 5.41) is 0. The van der Waals surface area contributed by atoms with Crippen LogP contribution in [-0.2, 0) is 67.0 Å². The van der Waals surface area contributed by atoms with E-state index in [0.29, 0.717) is 19.6 Å². The molecular weight excluding hydrogens is 675 g/mol. The largest absolute Gasteiger partial charge is 0.781 e. The fourth-order valence-corrected chi connectivity index (χ4v) is 5.30. The molecule has 0 saturated heterocycles. The summed E-state index contributed by atoms with van der Waals surface area (Å²) in [4.78, 5) is 2.73. The minimum absolute atomic E-state index is 0. The van der Waals surface area contributed by atoms with Crippen LogP contribution in [0.15, 0.2) is 97.1 Å². The van der Waals surface area contributed by atoms with Crippen LogP contribution in [0.4, 0.5) is 0 Å². The average molecular weight is 716 g/mol. The van der Waals surface area contributed by atoms with Crippen LogP contribution >= 0.6 is 0 Å². The monoisotopic (exact) mass is 714 g/mol. The smallest absolute Gasteiger partial charge is 0.125 e. The molecule has 4 aromatic rings. The Balaban J connectivity index is 0.000000307. The van der Waals surface area contributed by atoms with Crippen molar-refractivity contribution in [1.29, 1.82) is 0 Å². The Bertz CT molecular complexity index is 1620. The Morgan fingerprint density at radius 3 is 1.44 bits per heavy atom. The molecule has 0 saturated carbocycles. The standard InChI is InChI=1S/2C19H22OS2.Ni/c1-13-10-11-15(20-19(2,3)4)12-16(13)18(22)17(21)14-8-6-5-7-9-14;1-13-10-11-16(20-19(2,3)4)15(12-13)18(22)17(21)14-8-6-5-7-9-14;/h2*5-12,21-22H,1-4H3;/p-4/b2*18-17-;. The van der Waals surface area contributed by atoms with E-state index in [9.17, 15) is 0 Å². The zero-order valence-electron chi connectivity index (χ0n) is 27.0. The number of rotatable bonds is 6. The molecule has 0 aliphatic heterocycles. The molecule has 0 spiro atoms. The molecular formula is C38H40NiO2S4-4. The fraction of sp³-hybridized carbons (Fsp3) is 0.263. The van der Waals surface area contributed by atoms with E-state index in [-0.39, 0.29) is 27.7 Å². The van der Waals surface area contributed by atoms with Crippen molar-refractivity contribution in [3.05, 3.63) is 130 Å². The molecule has 0 aromatic heterocycles. The average Bonchev–Trinajstić information content (AvgIpc) is 2.97. The Kier molecular flexibility index (Phi) is 14.3. The summed E-state index contributed by atoms with van der Waals surface area (Å²) in [6.07, 6.45) is 0. The van der Waals surface area contributed by atoms with Crippen LogP contribution in [0.2, 0.25) is 0 Å². The van der Waals surface area contributed by atoms with Gasteiger partial charge in [-0.2, -0.15) is 19.6 Å². The molecule has 0 radical (unpaired) electrons. The Morgan fingerprint density at radius 1 is 0.511 bits per heavy atom. The van der Waals surface area contributed by atoms with Crippen molar-refractivity contribution in [2.45, 2.75) is 66.6 Å². The summed E-state index contributed by atoms with van der Waals surface area (Å²) in [6, 6.07) is 31.8. The molecule has 0 N–H and O–H groups in total. The van der Waals surface area contributed by atoms with Gasteiger partial charge in [0.1, 0.15) is 22.7 Å². The van der Waals surface area contributed by atoms with Crippen LogP contribution in [-0.4, -0.2) is 11.2 Å². The molecule has 2 nitrogen and oxygen atoms in total. The third-order valence-electron chi connectivity index (χ3n) is 6.16. The quantitative estimate of drug-likeness (QED) is 0.112. The first kappa shape index (κ1) is 38.5. The van der Waals surface area contributed by atoms with Gasteiger partial charge in [0.2, 0.25) is 0 Å². The summed E-state index contributed by atoms with van der Waals surface area (Å²) >= 11 is 22.4. The van der Waals surface area contributed by atoms with Gasteiger partial charge in [0.05, 0.1) is 0 Å². The number of ether oxygens (including phenoxy) is 2. The molecule has 242 valence electrons. The second-order valence-electron chi connectivity index (χ2n) is 12.5. The van der Waals surface area contributed by atoms with E-state index in [4.69, 9.17) is 60.0 Å². The van der Waals surface area contributed by atoms with Crippen LogP contribution in [0.25, 0.3) is 19.6 Å². The van der Waals surface area contributed by atoms with Gasteiger partial charge in [-0.15, -0.1) is 0 Å². The van der Waals surface area contributed by atoms with Crippen molar-refractivity contribution in [2.24, 2.45) is 0 Å². The molecule has 4 aromatic carbocycles. The van der Waals surface area contributed by atoms with E-state index in [1.807, 2.05) is 152 Å². The Hall–Kier alpha value is -2.67. The van der Waals surface area contributed by atoms with Crippen LogP contribution < -0.4 is 9.47 Å². The third-order valence-corrected chi connectivity index (χ3v) is 8.14. The van der Waals surface area contributed by atoms with Crippen molar-refractivity contribution in [3.63, 3.8) is 0 Å². The number of hydrogen-bond acceptors (Lipinski definition) is 6. The predicted molar refractivity (Wildman–Crippen MR) is 199 cm³/mol. The van der Waals surface area contributed by atoms with Gasteiger partial charge in [0, 0.05) is 16.5 Å². The number of aryl methyl sites for hydroxylation is 2. The van der Waals surface area contributed by atoms with Crippen molar-refractivity contribution >= 4 is 70.1 Å². The first-order chi connectivity index (χ1) is 20.6. The van der Waals surface area contributed by atoms with Crippen LogP contribution in [0.1, 0.15) is 74.9 Å². The van der Waals surface area contributed by atoms with Crippen LogP contribution in [0.3, 0.4) is 0 Å². The van der Waals surface area contributed by atoms with Crippen molar-refractivity contribution in [1.82, 2.24) is 0 Å². The van der Waals surface area contributed by atoms with Gasteiger partial charge in [-0.3, -0.25) is 0 Å². The van der Waals surface area contributed by atoms with Gasteiger partial charge in [0.15, 0.2) is 0 Å². The molecule has 0 aliphatic carbocycles. The normalized spacial score (nSPS) is 12.4. The fourth-order valence-electron chi connectivity index (χ4n) is 4.19. The summed E-state index contributed by atoms with van der Waals surface area (Å²) in [5.41, 5.74) is 5.50. The number of benzene rings is 4. The van der Waals surface area contributed by atoms with Gasteiger partial charge in [-0.1, -0.05) is 78.4 Å². The van der Waals surface area contributed by atoms with Gasteiger partial charge >= 0.3 is 0 Å². The minimum atomic E-state index is -0.284. The predicted octanol–water partition coefficient (Wildman–Crippen LogP) is 10.2. The first-order valence-electron chi connectivity index (χ1n) is 14.4. The first-order valence-corrected chi connectivity index (χ1v) is 16.1. The second kappa shape index (κ2) is 16.8. The van der Waals surface area contributed by atoms with Crippen LogP contribution in [0.5, 0.6) is 11.5 Å². The molecule has 7 heteroatoms.